The summed E-state index contributed by atoms with van der Waals surface area (Å²) in [4.78, 5) is 7.16. The maximum Gasteiger partial charge on any atom is 0.137 e. The van der Waals surface area contributed by atoms with Gasteiger partial charge in [-0.05, 0) is 41.9 Å². The first-order valence-electron chi connectivity index (χ1n) is 6.18. The van der Waals surface area contributed by atoms with Gasteiger partial charge in [0.15, 0.2) is 0 Å². The minimum atomic E-state index is 0.526. The Morgan fingerprint density at radius 1 is 1.50 bits per heavy atom. The highest BCUT2D eigenvalue weighted by Gasteiger charge is 2.20. The predicted octanol–water partition coefficient (Wildman–Crippen LogP) is 3.17. The van der Waals surface area contributed by atoms with E-state index in [2.05, 4.69) is 52.1 Å². The lowest BCUT2D eigenvalue weighted by Gasteiger charge is -2.33. The molecule has 3 nitrogen and oxygen atoms in total. The van der Waals surface area contributed by atoms with Gasteiger partial charge in [-0.2, -0.15) is 0 Å². The second-order valence-corrected chi connectivity index (χ2v) is 7.31. The molecule has 1 aliphatic heterocycles. The molecule has 0 spiro atoms. The number of aromatic nitrogens is 1. The van der Waals surface area contributed by atoms with Crippen LogP contribution in [-0.2, 0) is 0 Å². The van der Waals surface area contributed by atoms with Crippen LogP contribution in [0.15, 0.2) is 15.9 Å². The highest BCUT2D eigenvalue weighted by molar-refractivity contribution is 9.11. The number of halogens is 1. The molecule has 0 aromatic carbocycles. The van der Waals surface area contributed by atoms with Gasteiger partial charge >= 0.3 is 0 Å². The molecule has 0 bridgehead atoms. The molecule has 5 heteroatoms. The van der Waals surface area contributed by atoms with Crippen molar-refractivity contribution in [2.24, 2.45) is 0 Å². The SMILES string of the molecule is Cc1cc2sc(Br)cc2c(N2CCNC(C)C2)n1. The molecule has 18 heavy (non-hydrogen) atoms. The van der Waals surface area contributed by atoms with Crippen LogP contribution in [-0.4, -0.2) is 30.7 Å². The van der Waals surface area contributed by atoms with E-state index in [0.717, 1.165) is 31.1 Å². The minimum Gasteiger partial charge on any atom is -0.353 e. The van der Waals surface area contributed by atoms with Crippen LogP contribution in [0.5, 0.6) is 0 Å². The van der Waals surface area contributed by atoms with Crippen molar-refractivity contribution in [1.82, 2.24) is 10.3 Å². The quantitative estimate of drug-likeness (QED) is 0.872. The standard InChI is InChI=1S/C13H16BrN3S/c1-8-5-11-10(6-12(14)18-11)13(16-8)17-4-3-15-9(2)7-17/h5-6,9,15H,3-4,7H2,1-2H3. The molecule has 0 radical (unpaired) electrons. The maximum atomic E-state index is 4.76. The van der Waals surface area contributed by atoms with Crippen molar-refractivity contribution in [3.63, 3.8) is 0 Å². The average molecular weight is 326 g/mol. The van der Waals surface area contributed by atoms with Crippen LogP contribution < -0.4 is 10.2 Å². The number of rotatable bonds is 1. The third kappa shape index (κ3) is 2.27. The molecule has 0 saturated carbocycles. The molecule has 1 N–H and O–H groups in total. The molecule has 1 atom stereocenters. The summed E-state index contributed by atoms with van der Waals surface area (Å²) in [5, 5.41) is 4.74. The van der Waals surface area contributed by atoms with Crippen LogP contribution in [0.25, 0.3) is 10.1 Å². The summed E-state index contributed by atoms with van der Waals surface area (Å²) in [7, 11) is 0. The third-order valence-electron chi connectivity index (χ3n) is 3.26. The van der Waals surface area contributed by atoms with E-state index in [9.17, 15) is 0 Å². The van der Waals surface area contributed by atoms with Gasteiger partial charge in [-0.15, -0.1) is 11.3 Å². The fourth-order valence-electron chi connectivity index (χ4n) is 2.47. The second-order valence-electron chi connectivity index (χ2n) is 4.85. The highest BCUT2D eigenvalue weighted by atomic mass is 79.9. The number of nitrogens with one attached hydrogen (secondary N) is 1. The van der Waals surface area contributed by atoms with Crippen molar-refractivity contribution in [2.75, 3.05) is 24.5 Å². The number of pyridine rings is 1. The largest absolute Gasteiger partial charge is 0.353 e. The Morgan fingerprint density at radius 2 is 2.33 bits per heavy atom. The van der Waals surface area contributed by atoms with Crippen LogP contribution in [0.1, 0.15) is 12.6 Å². The number of piperazine rings is 1. The number of hydrogen-bond donors (Lipinski definition) is 1. The van der Waals surface area contributed by atoms with Crippen LogP contribution in [0, 0.1) is 6.92 Å². The fraction of sp³-hybridized carbons (Fsp3) is 0.462. The number of nitrogens with zero attached hydrogens (tertiary/aromatic N) is 2. The Kier molecular flexibility index (Phi) is 3.30. The maximum absolute atomic E-state index is 4.76. The number of thiophene rings is 1. The first-order valence-corrected chi connectivity index (χ1v) is 7.79. The van der Waals surface area contributed by atoms with E-state index < -0.39 is 0 Å². The van der Waals surface area contributed by atoms with Gasteiger partial charge in [0.2, 0.25) is 0 Å². The summed E-state index contributed by atoms with van der Waals surface area (Å²) in [5.41, 5.74) is 1.10. The van der Waals surface area contributed by atoms with Gasteiger partial charge in [0.25, 0.3) is 0 Å². The number of fused-ring (bicyclic) bond motifs is 1. The summed E-state index contributed by atoms with van der Waals surface area (Å²) < 4.78 is 2.49. The summed E-state index contributed by atoms with van der Waals surface area (Å²) in [6, 6.07) is 4.88. The number of anilines is 1. The van der Waals surface area contributed by atoms with Gasteiger partial charge in [-0.3, -0.25) is 0 Å². The van der Waals surface area contributed by atoms with E-state index in [1.165, 1.54) is 13.9 Å². The highest BCUT2D eigenvalue weighted by Crippen LogP contribution is 2.35. The zero-order valence-corrected chi connectivity index (χ0v) is 12.9. The first-order chi connectivity index (χ1) is 8.63. The monoisotopic (exact) mass is 325 g/mol. The molecular weight excluding hydrogens is 310 g/mol. The minimum absolute atomic E-state index is 0.526. The van der Waals surface area contributed by atoms with Crippen molar-refractivity contribution >= 4 is 43.2 Å². The molecule has 1 unspecified atom stereocenters. The van der Waals surface area contributed by atoms with Gasteiger partial charge < -0.3 is 10.2 Å². The topological polar surface area (TPSA) is 28.2 Å². The van der Waals surface area contributed by atoms with Crippen LogP contribution in [0.2, 0.25) is 0 Å². The number of hydrogen-bond acceptors (Lipinski definition) is 4. The Labute approximate surface area is 119 Å². The first kappa shape index (κ1) is 12.4. The molecule has 3 heterocycles. The van der Waals surface area contributed by atoms with E-state index in [1.807, 2.05) is 0 Å². The zero-order valence-electron chi connectivity index (χ0n) is 10.5. The summed E-state index contributed by atoms with van der Waals surface area (Å²) in [6.45, 7) is 7.39. The van der Waals surface area contributed by atoms with Crippen molar-refractivity contribution in [1.29, 1.82) is 0 Å². The average Bonchev–Trinajstić information content (AvgIpc) is 2.68. The van der Waals surface area contributed by atoms with Crippen molar-refractivity contribution in [2.45, 2.75) is 19.9 Å². The van der Waals surface area contributed by atoms with Gasteiger partial charge in [0.1, 0.15) is 5.82 Å². The lowest BCUT2D eigenvalue weighted by atomic mass is 10.2. The van der Waals surface area contributed by atoms with E-state index in [4.69, 9.17) is 4.98 Å². The summed E-state index contributed by atoms with van der Waals surface area (Å²) >= 11 is 5.36. The third-order valence-corrected chi connectivity index (χ3v) is 4.85. The van der Waals surface area contributed by atoms with Crippen LogP contribution in [0.3, 0.4) is 0 Å². The zero-order chi connectivity index (χ0) is 12.7. The van der Waals surface area contributed by atoms with Gasteiger partial charge in [-0.1, -0.05) is 0 Å². The summed E-state index contributed by atoms with van der Waals surface area (Å²) in [5.74, 6) is 1.14. The van der Waals surface area contributed by atoms with Gasteiger partial charge in [0, 0.05) is 41.5 Å². The van der Waals surface area contributed by atoms with Crippen molar-refractivity contribution in [3.05, 3.63) is 21.6 Å². The Balaban J connectivity index is 2.09. The molecular formula is C13H16BrN3S. The van der Waals surface area contributed by atoms with E-state index in [1.54, 1.807) is 11.3 Å². The van der Waals surface area contributed by atoms with E-state index >= 15 is 0 Å². The van der Waals surface area contributed by atoms with Crippen molar-refractivity contribution in [3.8, 4) is 0 Å². The van der Waals surface area contributed by atoms with E-state index in [0.29, 0.717) is 6.04 Å². The lowest BCUT2D eigenvalue weighted by molar-refractivity contribution is 0.483. The molecule has 3 rings (SSSR count). The van der Waals surface area contributed by atoms with Crippen LogP contribution in [0.4, 0.5) is 5.82 Å². The Hall–Kier alpha value is -0.650. The Bertz CT molecular complexity index is 581. The molecule has 96 valence electrons. The molecule has 2 aromatic rings. The number of aryl methyl sites for hydroxylation is 1. The molecule has 2 aromatic heterocycles. The smallest absolute Gasteiger partial charge is 0.137 e. The molecule has 0 aliphatic carbocycles. The molecule has 1 saturated heterocycles. The molecule has 0 amide bonds. The van der Waals surface area contributed by atoms with Gasteiger partial charge in [0.05, 0.1) is 3.79 Å². The fourth-order valence-corrected chi connectivity index (χ4v) is 4.10. The molecule has 1 aliphatic rings. The van der Waals surface area contributed by atoms with Crippen LogP contribution >= 0.6 is 27.3 Å². The predicted molar refractivity (Wildman–Crippen MR) is 81.7 cm³/mol. The normalized spacial score (nSPS) is 20.6. The Morgan fingerprint density at radius 3 is 3.11 bits per heavy atom. The summed E-state index contributed by atoms with van der Waals surface area (Å²) in [6.07, 6.45) is 0. The van der Waals surface area contributed by atoms with E-state index in [-0.39, 0.29) is 0 Å². The lowest BCUT2D eigenvalue weighted by Crippen LogP contribution is -2.49. The second kappa shape index (κ2) is 4.79. The molecule has 1 fully saturated rings. The van der Waals surface area contributed by atoms with Gasteiger partial charge in [-0.25, -0.2) is 4.98 Å². The van der Waals surface area contributed by atoms with Crippen molar-refractivity contribution < 1.29 is 0 Å².